The second-order valence-corrected chi connectivity index (χ2v) is 6.45. The summed E-state index contributed by atoms with van der Waals surface area (Å²) >= 11 is 0. The third kappa shape index (κ3) is 6.10. The summed E-state index contributed by atoms with van der Waals surface area (Å²) in [5.41, 5.74) is 1.29. The van der Waals surface area contributed by atoms with Gasteiger partial charge in [0.2, 0.25) is 5.91 Å². The quantitative estimate of drug-likeness (QED) is 0.567. The van der Waals surface area contributed by atoms with Crippen LogP contribution in [0, 0.1) is 0 Å². The van der Waals surface area contributed by atoms with Gasteiger partial charge in [0.25, 0.3) is 5.91 Å². The van der Waals surface area contributed by atoms with Crippen molar-refractivity contribution in [1.29, 1.82) is 0 Å². The van der Waals surface area contributed by atoms with Crippen LogP contribution in [0.1, 0.15) is 22.8 Å². The summed E-state index contributed by atoms with van der Waals surface area (Å²) < 4.78 is 11.3. The summed E-state index contributed by atoms with van der Waals surface area (Å²) in [5.74, 6) is 1.29. The zero-order valence-corrected chi connectivity index (χ0v) is 16.8. The summed E-state index contributed by atoms with van der Waals surface area (Å²) in [6.07, 6.45) is 0. The lowest BCUT2D eigenvalue weighted by molar-refractivity contribution is -0.120. The van der Waals surface area contributed by atoms with Gasteiger partial charge in [-0.05, 0) is 48.9 Å². The summed E-state index contributed by atoms with van der Waals surface area (Å²) in [4.78, 5) is 24.5. The van der Waals surface area contributed by atoms with Gasteiger partial charge in [-0.15, -0.1) is 0 Å². The molecule has 0 spiro atoms. The number of carbonyl (C=O) groups excluding carboxylic acids is 2. The van der Waals surface area contributed by atoms with E-state index in [0.717, 1.165) is 11.3 Å². The molecule has 6 heteroatoms. The first-order chi connectivity index (χ1) is 14.7. The zero-order valence-electron chi connectivity index (χ0n) is 16.8. The fourth-order valence-electron chi connectivity index (χ4n) is 2.80. The maximum Gasteiger partial charge on any atom is 0.255 e. The van der Waals surface area contributed by atoms with E-state index in [9.17, 15) is 9.59 Å². The van der Waals surface area contributed by atoms with Gasteiger partial charge in [0.1, 0.15) is 17.2 Å². The molecule has 0 atom stereocenters. The lowest BCUT2D eigenvalue weighted by atomic mass is 10.2. The normalized spacial score (nSPS) is 10.2. The average molecular weight is 404 g/mol. The number of carbonyl (C=O) groups is 2. The lowest BCUT2D eigenvalue weighted by Gasteiger charge is -2.11. The van der Waals surface area contributed by atoms with E-state index in [0.29, 0.717) is 30.2 Å². The van der Waals surface area contributed by atoms with Crippen LogP contribution in [0.15, 0.2) is 78.9 Å². The SMILES string of the molecule is CCOc1ccccc1C(=O)NCC(=O)NCc1cccc(Oc2ccccc2)c1. The third-order valence-corrected chi connectivity index (χ3v) is 4.21. The molecule has 6 nitrogen and oxygen atoms in total. The predicted octanol–water partition coefficient (Wildman–Crippen LogP) is 3.92. The Hall–Kier alpha value is -3.80. The molecule has 2 N–H and O–H groups in total. The molecule has 0 aliphatic rings. The predicted molar refractivity (Wildman–Crippen MR) is 115 cm³/mol. The second-order valence-electron chi connectivity index (χ2n) is 6.45. The summed E-state index contributed by atoms with van der Waals surface area (Å²) in [7, 11) is 0. The monoisotopic (exact) mass is 404 g/mol. The molecular weight excluding hydrogens is 380 g/mol. The first kappa shape index (κ1) is 20.9. The maximum absolute atomic E-state index is 12.3. The smallest absolute Gasteiger partial charge is 0.255 e. The molecule has 154 valence electrons. The Morgan fingerprint density at radius 2 is 1.57 bits per heavy atom. The van der Waals surface area contributed by atoms with E-state index < -0.39 is 0 Å². The molecule has 0 aliphatic heterocycles. The van der Waals surface area contributed by atoms with Crippen LogP contribution in [0.3, 0.4) is 0 Å². The average Bonchev–Trinajstić information content (AvgIpc) is 2.77. The van der Waals surface area contributed by atoms with E-state index in [2.05, 4.69) is 10.6 Å². The first-order valence-corrected chi connectivity index (χ1v) is 9.74. The molecule has 0 heterocycles. The van der Waals surface area contributed by atoms with Crippen LogP contribution in [0.4, 0.5) is 0 Å². The van der Waals surface area contributed by atoms with Gasteiger partial charge in [0.05, 0.1) is 18.7 Å². The highest BCUT2D eigenvalue weighted by Crippen LogP contribution is 2.21. The first-order valence-electron chi connectivity index (χ1n) is 9.74. The summed E-state index contributed by atoms with van der Waals surface area (Å²) in [6, 6.07) is 23.9. The molecule has 3 rings (SSSR count). The zero-order chi connectivity index (χ0) is 21.2. The van der Waals surface area contributed by atoms with Gasteiger partial charge in [-0.3, -0.25) is 9.59 Å². The minimum absolute atomic E-state index is 0.125. The number of para-hydroxylation sites is 2. The maximum atomic E-state index is 12.3. The number of benzene rings is 3. The molecule has 3 aromatic carbocycles. The van der Waals surface area contributed by atoms with Crippen LogP contribution in [0.2, 0.25) is 0 Å². The fourth-order valence-corrected chi connectivity index (χ4v) is 2.80. The van der Waals surface area contributed by atoms with Crippen LogP contribution in [-0.4, -0.2) is 25.0 Å². The second kappa shape index (κ2) is 10.7. The van der Waals surface area contributed by atoms with E-state index in [-0.39, 0.29) is 18.4 Å². The molecule has 0 aliphatic carbocycles. The van der Waals surface area contributed by atoms with Gasteiger partial charge in [-0.1, -0.05) is 42.5 Å². The molecule has 30 heavy (non-hydrogen) atoms. The summed E-state index contributed by atoms with van der Waals surface area (Å²) in [5, 5.41) is 5.42. The van der Waals surface area contributed by atoms with Crippen LogP contribution < -0.4 is 20.1 Å². The Morgan fingerprint density at radius 1 is 0.833 bits per heavy atom. The molecule has 0 saturated carbocycles. The van der Waals surface area contributed by atoms with E-state index >= 15 is 0 Å². The van der Waals surface area contributed by atoms with Crippen LogP contribution in [-0.2, 0) is 11.3 Å². The van der Waals surface area contributed by atoms with Crippen molar-refractivity contribution in [2.24, 2.45) is 0 Å². The van der Waals surface area contributed by atoms with E-state index in [1.165, 1.54) is 0 Å². The molecule has 3 aromatic rings. The minimum Gasteiger partial charge on any atom is -0.493 e. The molecule has 0 radical (unpaired) electrons. The van der Waals surface area contributed by atoms with Gasteiger partial charge in [-0.2, -0.15) is 0 Å². The summed E-state index contributed by atoms with van der Waals surface area (Å²) in [6.45, 7) is 2.51. The highest BCUT2D eigenvalue weighted by molar-refractivity contribution is 5.98. The number of hydrogen-bond acceptors (Lipinski definition) is 4. The number of amides is 2. The molecule has 0 aromatic heterocycles. The Bertz CT molecular complexity index is 989. The van der Waals surface area contributed by atoms with Crippen molar-refractivity contribution in [1.82, 2.24) is 10.6 Å². The van der Waals surface area contributed by atoms with E-state index in [4.69, 9.17) is 9.47 Å². The molecule has 0 fully saturated rings. The third-order valence-electron chi connectivity index (χ3n) is 4.21. The van der Waals surface area contributed by atoms with Crippen molar-refractivity contribution in [3.8, 4) is 17.2 Å². The van der Waals surface area contributed by atoms with Gasteiger partial charge < -0.3 is 20.1 Å². The van der Waals surface area contributed by atoms with Crippen LogP contribution in [0.5, 0.6) is 17.2 Å². The Labute approximate surface area is 175 Å². The van der Waals surface area contributed by atoms with Crippen molar-refractivity contribution in [2.45, 2.75) is 13.5 Å². The molecule has 0 saturated heterocycles. The Morgan fingerprint density at radius 3 is 2.37 bits per heavy atom. The molecule has 0 unspecified atom stereocenters. The van der Waals surface area contributed by atoms with Gasteiger partial charge in [0, 0.05) is 6.54 Å². The Balaban J connectivity index is 1.49. The van der Waals surface area contributed by atoms with E-state index in [1.54, 1.807) is 24.3 Å². The number of nitrogens with one attached hydrogen (secondary N) is 2. The van der Waals surface area contributed by atoms with Crippen LogP contribution in [0.25, 0.3) is 0 Å². The van der Waals surface area contributed by atoms with Crippen molar-refractivity contribution < 1.29 is 19.1 Å². The molecule has 0 bridgehead atoms. The lowest BCUT2D eigenvalue weighted by Crippen LogP contribution is -2.36. The number of ether oxygens (including phenoxy) is 2. The van der Waals surface area contributed by atoms with Gasteiger partial charge >= 0.3 is 0 Å². The standard InChI is InChI=1S/C24H24N2O4/c1-2-29-22-14-7-6-13-21(22)24(28)26-17-23(27)25-16-18-9-8-12-20(15-18)30-19-10-4-3-5-11-19/h3-15H,2,16-17H2,1H3,(H,25,27)(H,26,28). The number of rotatable bonds is 9. The fraction of sp³-hybridized carbons (Fsp3) is 0.167. The van der Waals surface area contributed by atoms with Crippen molar-refractivity contribution in [2.75, 3.05) is 13.2 Å². The highest BCUT2D eigenvalue weighted by Gasteiger charge is 2.13. The number of hydrogen-bond donors (Lipinski definition) is 2. The minimum atomic E-state index is -0.354. The van der Waals surface area contributed by atoms with Crippen molar-refractivity contribution in [3.05, 3.63) is 90.0 Å². The highest BCUT2D eigenvalue weighted by atomic mass is 16.5. The molecule has 2 amide bonds. The molecular formula is C24H24N2O4. The van der Waals surface area contributed by atoms with Gasteiger partial charge in [0.15, 0.2) is 0 Å². The van der Waals surface area contributed by atoms with E-state index in [1.807, 2.05) is 61.5 Å². The Kier molecular flexibility index (Phi) is 7.44. The van der Waals surface area contributed by atoms with Gasteiger partial charge in [-0.25, -0.2) is 0 Å². The van der Waals surface area contributed by atoms with Crippen molar-refractivity contribution >= 4 is 11.8 Å². The largest absolute Gasteiger partial charge is 0.493 e. The van der Waals surface area contributed by atoms with Crippen LogP contribution >= 0.6 is 0 Å². The topological polar surface area (TPSA) is 76.7 Å². The van der Waals surface area contributed by atoms with Crippen molar-refractivity contribution in [3.63, 3.8) is 0 Å².